The molecule has 0 aromatic heterocycles. The number of benzene rings is 3. The Morgan fingerprint density at radius 2 is 1.58 bits per heavy atom. The highest BCUT2D eigenvalue weighted by atomic mass is 16.4. The monoisotopic (exact) mass is 513 g/mol. The van der Waals surface area contributed by atoms with E-state index in [4.69, 9.17) is 0 Å². The highest BCUT2D eigenvalue weighted by Gasteiger charge is 2.37. The molecule has 196 valence electrons. The highest BCUT2D eigenvalue weighted by Crippen LogP contribution is 2.35. The molecular formula is C30H31N3O5. The van der Waals surface area contributed by atoms with Gasteiger partial charge >= 0.3 is 5.97 Å². The number of carboxylic acids is 1. The summed E-state index contributed by atoms with van der Waals surface area (Å²) in [6, 6.07) is 21.3. The summed E-state index contributed by atoms with van der Waals surface area (Å²) in [6.07, 6.45) is 0.736. The number of nitrogens with one attached hydrogen (secondary N) is 2. The number of anilines is 2. The standard InChI is InChI=1S/C30H31N3O5/c1-19(2)15-27(34)33-25-14-13-22(28(35)32-24(30(37)38)16-20-9-5-3-6-10-20)18-23(25)31-29(36)26(33)17-21-11-7-4-8-12-21/h3-14,18-19,24,26H,15-17H2,1-2H3,(H,31,36)(H,32,35)(H,37,38). The molecule has 8 heteroatoms. The minimum atomic E-state index is -1.15. The van der Waals surface area contributed by atoms with Crippen molar-refractivity contribution in [2.24, 2.45) is 5.92 Å². The largest absolute Gasteiger partial charge is 0.480 e. The van der Waals surface area contributed by atoms with Crippen molar-refractivity contribution in [2.75, 3.05) is 10.2 Å². The molecule has 0 spiro atoms. The van der Waals surface area contributed by atoms with Crippen LogP contribution in [-0.4, -0.2) is 40.9 Å². The number of carbonyl (C=O) groups excluding carboxylic acids is 3. The third kappa shape index (κ3) is 6.26. The summed E-state index contributed by atoms with van der Waals surface area (Å²) in [6.45, 7) is 3.88. The molecule has 0 radical (unpaired) electrons. The summed E-state index contributed by atoms with van der Waals surface area (Å²) >= 11 is 0. The molecule has 3 aromatic rings. The van der Waals surface area contributed by atoms with Gasteiger partial charge in [0.25, 0.3) is 5.91 Å². The molecule has 0 bridgehead atoms. The number of aliphatic carboxylic acids is 1. The zero-order chi connectivity index (χ0) is 27.2. The third-order valence-electron chi connectivity index (χ3n) is 6.40. The summed E-state index contributed by atoms with van der Waals surface area (Å²) in [5.41, 5.74) is 2.72. The lowest BCUT2D eigenvalue weighted by molar-refractivity contribution is -0.139. The van der Waals surface area contributed by atoms with Gasteiger partial charge in [0.15, 0.2) is 0 Å². The second kappa shape index (κ2) is 11.7. The van der Waals surface area contributed by atoms with Crippen molar-refractivity contribution in [3.63, 3.8) is 0 Å². The molecule has 0 aliphatic carbocycles. The van der Waals surface area contributed by atoms with Crippen LogP contribution in [-0.2, 0) is 27.2 Å². The number of fused-ring (bicyclic) bond motifs is 1. The maximum absolute atomic E-state index is 13.3. The van der Waals surface area contributed by atoms with Gasteiger partial charge in [0.1, 0.15) is 12.1 Å². The van der Waals surface area contributed by atoms with Crippen LogP contribution in [0.3, 0.4) is 0 Å². The fourth-order valence-electron chi connectivity index (χ4n) is 4.56. The van der Waals surface area contributed by atoms with E-state index in [-0.39, 0.29) is 36.1 Å². The van der Waals surface area contributed by atoms with Gasteiger partial charge in [-0.1, -0.05) is 74.5 Å². The first-order valence-electron chi connectivity index (χ1n) is 12.6. The Bertz CT molecular complexity index is 1320. The fraction of sp³-hybridized carbons (Fsp3) is 0.267. The van der Waals surface area contributed by atoms with E-state index in [1.165, 1.54) is 11.0 Å². The van der Waals surface area contributed by atoms with Gasteiger partial charge in [-0.2, -0.15) is 0 Å². The number of hydrogen-bond acceptors (Lipinski definition) is 4. The molecule has 0 saturated carbocycles. The number of rotatable bonds is 9. The molecule has 1 aliphatic rings. The molecule has 1 heterocycles. The average molecular weight is 514 g/mol. The summed E-state index contributed by atoms with van der Waals surface area (Å²) < 4.78 is 0. The topological polar surface area (TPSA) is 116 Å². The van der Waals surface area contributed by atoms with Gasteiger partial charge in [-0.3, -0.25) is 19.3 Å². The second-order valence-electron chi connectivity index (χ2n) is 9.84. The van der Waals surface area contributed by atoms with E-state index in [1.54, 1.807) is 36.4 Å². The van der Waals surface area contributed by atoms with Crippen molar-refractivity contribution in [3.05, 3.63) is 95.6 Å². The Morgan fingerprint density at radius 1 is 0.947 bits per heavy atom. The lowest BCUT2D eigenvalue weighted by Gasteiger charge is -2.37. The number of hydrogen-bond donors (Lipinski definition) is 3. The maximum Gasteiger partial charge on any atom is 0.326 e. The fourth-order valence-corrected chi connectivity index (χ4v) is 4.56. The minimum Gasteiger partial charge on any atom is -0.480 e. The minimum absolute atomic E-state index is 0.0935. The maximum atomic E-state index is 13.3. The van der Waals surface area contributed by atoms with Crippen molar-refractivity contribution in [1.82, 2.24) is 5.32 Å². The van der Waals surface area contributed by atoms with Gasteiger partial charge < -0.3 is 15.7 Å². The molecule has 38 heavy (non-hydrogen) atoms. The molecular weight excluding hydrogens is 482 g/mol. The predicted molar refractivity (Wildman–Crippen MR) is 145 cm³/mol. The van der Waals surface area contributed by atoms with Crippen LogP contribution in [0, 0.1) is 5.92 Å². The number of carbonyl (C=O) groups is 4. The molecule has 2 unspecified atom stereocenters. The third-order valence-corrected chi connectivity index (χ3v) is 6.40. The van der Waals surface area contributed by atoms with E-state index in [1.807, 2.05) is 50.2 Å². The molecule has 0 saturated heterocycles. The lowest BCUT2D eigenvalue weighted by atomic mass is 9.97. The van der Waals surface area contributed by atoms with E-state index in [9.17, 15) is 24.3 Å². The molecule has 2 atom stereocenters. The van der Waals surface area contributed by atoms with Crippen LogP contribution in [0.25, 0.3) is 0 Å². The molecule has 0 fully saturated rings. The molecule has 4 rings (SSSR count). The quantitative estimate of drug-likeness (QED) is 0.399. The van der Waals surface area contributed by atoms with Crippen LogP contribution >= 0.6 is 0 Å². The van der Waals surface area contributed by atoms with Gasteiger partial charge in [-0.05, 0) is 35.2 Å². The number of nitrogens with zero attached hydrogens (tertiary/aromatic N) is 1. The molecule has 3 amide bonds. The van der Waals surface area contributed by atoms with E-state index in [0.717, 1.165) is 11.1 Å². The summed E-state index contributed by atoms with van der Waals surface area (Å²) in [7, 11) is 0. The van der Waals surface area contributed by atoms with Crippen molar-refractivity contribution < 1.29 is 24.3 Å². The smallest absolute Gasteiger partial charge is 0.326 e. The molecule has 1 aliphatic heterocycles. The van der Waals surface area contributed by atoms with Crippen molar-refractivity contribution in [1.29, 1.82) is 0 Å². The molecule has 3 N–H and O–H groups in total. The van der Waals surface area contributed by atoms with Crippen molar-refractivity contribution in [2.45, 2.75) is 45.2 Å². The number of amides is 3. The lowest BCUT2D eigenvalue weighted by Crippen LogP contribution is -2.52. The Labute approximate surface area is 221 Å². The first-order chi connectivity index (χ1) is 18.2. The van der Waals surface area contributed by atoms with Gasteiger partial charge in [0, 0.05) is 24.8 Å². The Morgan fingerprint density at radius 3 is 2.18 bits per heavy atom. The van der Waals surface area contributed by atoms with Gasteiger partial charge in [-0.25, -0.2) is 4.79 Å². The van der Waals surface area contributed by atoms with Crippen molar-refractivity contribution in [3.8, 4) is 0 Å². The van der Waals surface area contributed by atoms with Gasteiger partial charge in [-0.15, -0.1) is 0 Å². The van der Waals surface area contributed by atoms with Gasteiger partial charge in [0.2, 0.25) is 11.8 Å². The Balaban J connectivity index is 1.60. The van der Waals surface area contributed by atoms with Crippen LogP contribution in [0.5, 0.6) is 0 Å². The first-order valence-corrected chi connectivity index (χ1v) is 12.6. The van der Waals surface area contributed by atoms with E-state index in [0.29, 0.717) is 17.8 Å². The highest BCUT2D eigenvalue weighted by molar-refractivity contribution is 6.13. The van der Waals surface area contributed by atoms with Crippen LogP contribution in [0.15, 0.2) is 78.9 Å². The van der Waals surface area contributed by atoms with Crippen LogP contribution in [0.1, 0.15) is 41.8 Å². The summed E-state index contributed by atoms with van der Waals surface area (Å²) in [4.78, 5) is 52.9. The second-order valence-corrected chi connectivity index (χ2v) is 9.84. The van der Waals surface area contributed by atoms with E-state index >= 15 is 0 Å². The first kappa shape index (κ1) is 26.6. The number of carboxylic acid groups (broad SMARTS) is 1. The van der Waals surface area contributed by atoms with E-state index < -0.39 is 24.0 Å². The Kier molecular flexibility index (Phi) is 8.21. The van der Waals surface area contributed by atoms with E-state index in [2.05, 4.69) is 10.6 Å². The van der Waals surface area contributed by atoms with Crippen molar-refractivity contribution >= 4 is 35.1 Å². The molecule has 8 nitrogen and oxygen atoms in total. The average Bonchev–Trinajstić information content (AvgIpc) is 2.89. The zero-order valence-electron chi connectivity index (χ0n) is 21.4. The normalized spacial score (nSPS) is 15.4. The van der Waals surface area contributed by atoms with Crippen LogP contribution < -0.4 is 15.5 Å². The summed E-state index contributed by atoms with van der Waals surface area (Å²) in [5.74, 6) is -2.16. The Hall–Kier alpha value is -4.46. The summed E-state index contributed by atoms with van der Waals surface area (Å²) in [5, 5.41) is 15.1. The SMILES string of the molecule is CC(C)CC(=O)N1c2ccc(C(=O)NC(Cc3ccccc3)C(=O)O)cc2NC(=O)C1Cc1ccccc1. The predicted octanol–water partition coefficient (Wildman–Crippen LogP) is 4.05. The van der Waals surface area contributed by atoms with Crippen LogP contribution in [0.4, 0.5) is 11.4 Å². The molecule has 3 aromatic carbocycles. The zero-order valence-corrected chi connectivity index (χ0v) is 21.4. The van der Waals surface area contributed by atoms with Crippen LogP contribution in [0.2, 0.25) is 0 Å². The van der Waals surface area contributed by atoms with Gasteiger partial charge in [0.05, 0.1) is 11.4 Å².